The second kappa shape index (κ2) is 4.55. The topological polar surface area (TPSA) is 40.5 Å². The van der Waals surface area contributed by atoms with E-state index in [4.69, 9.17) is 5.11 Å². The molecule has 1 aliphatic heterocycles. The Morgan fingerprint density at radius 1 is 1.56 bits per heavy atom. The third-order valence-corrected chi connectivity index (χ3v) is 3.65. The summed E-state index contributed by atoms with van der Waals surface area (Å²) in [6, 6.07) is 6.26. The minimum absolute atomic E-state index is 0.177. The average Bonchev–Trinajstić information content (AvgIpc) is 2.12. The van der Waals surface area contributed by atoms with Crippen molar-refractivity contribution >= 4 is 21.9 Å². The lowest BCUT2D eigenvalue weighted by Gasteiger charge is -2.36. The molecule has 0 radical (unpaired) electrons. The highest BCUT2D eigenvalue weighted by molar-refractivity contribution is 9.10. The summed E-state index contributed by atoms with van der Waals surface area (Å²) in [6.07, 6.45) is 0. The van der Waals surface area contributed by atoms with Crippen molar-refractivity contribution in [1.82, 2.24) is 4.90 Å². The van der Waals surface area contributed by atoms with Crippen LogP contribution in [0, 0.1) is 12.8 Å². The van der Waals surface area contributed by atoms with E-state index < -0.39 is 5.97 Å². The minimum Gasteiger partial charge on any atom is -0.481 e. The molecule has 1 heterocycles. The van der Waals surface area contributed by atoms with Crippen LogP contribution in [-0.4, -0.2) is 29.1 Å². The number of likely N-dealkylation sites (tertiary alicyclic amines) is 1. The van der Waals surface area contributed by atoms with Gasteiger partial charge >= 0.3 is 5.97 Å². The van der Waals surface area contributed by atoms with E-state index in [1.54, 1.807) is 0 Å². The van der Waals surface area contributed by atoms with Gasteiger partial charge in [0.1, 0.15) is 0 Å². The molecule has 0 spiro atoms. The standard InChI is InChI=1S/C12H14BrNO2/c1-8-2-3-9(11(13)4-8)5-14-6-10(7-14)12(15)16/h2-4,10H,5-7H2,1H3,(H,15,16). The van der Waals surface area contributed by atoms with Crippen LogP contribution in [0.2, 0.25) is 0 Å². The van der Waals surface area contributed by atoms with Gasteiger partial charge in [-0.25, -0.2) is 0 Å². The van der Waals surface area contributed by atoms with Gasteiger partial charge in [-0.1, -0.05) is 28.1 Å². The Balaban J connectivity index is 1.94. The molecule has 0 unspecified atom stereocenters. The number of aryl methyl sites for hydroxylation is 1. The first-order valence-corrected chi connectivity index (χ1v) is 6.06. The number of halogens is 1. The number of benzene rings is 1. The molecule has 3 nitrogen and oxygen atoms in total. The number of hydrogen-bond acceptors (Lipinski definition) is 2. The van der Waals surface area contributed by atoms with Crippen molar-refractivity contribution in [3.63, 3.8) is 0 Å². The van der Waals surface area contributed by atoms with Crippen LogP contribution in [0.15, 0.2) is 22.7 Å². The van der Waals surface area contributed by atoms with Crippen molar-refractivity contribution in [1.29, 1.82) is 0 Å². The maximum absolute atomic E-state index is 10.7. The van der Waals surface area contributed by atoms with Crippen LogP contribution in [0.4, 0.5) is 0 Å². The molecule has 1 fully saturated rings. The summed E-state index contributed by atoms with van der Waals surface area (Å²) >= 11 is 3.53. The normalized spacial score (nSPS) is 17.1. The monoisotopic (exact) mass is 283 g/mol. The maximum atomic E-state index is 10.7. The molecule has 1 aliphatic rings. The molecule has 16 heavy (non-hydrogen) atoms. The third-order valence-electron chi connectivity index (χ3n) is 2.91. The van der Waals surface area contributed by atoms with E-state index in [1.165, 1.54) is 11.1 Å². The van der Waals surface area contributed by atoms with Gasteiger partial charge < -0.3 is 5.11 Å². The molecule has 2 rings (SSSR count). The number of carboxylic acids is 1. The molecule has 0 amide bonds. The van der Waals surface area contributed by atoms with Gasteiger partial charge in [-0.15, -0.1) is 0 Å². The molecule has 4 heteroatoms. The molecule has 0 aromatic heterocycles. The van der Waals surface area contributed by atoms with Crippen molar-refractivity contribution in [3.05, 3.63) is 33.8 Å². The highest BCUT2D eigenvalue weighted by Gasteiger charge is 2.32. The van der Waals surface area contributed by atoms with Crippen LogP contribution in [0.3, 0.4) is 0 Å². The fourth-order valence-electron chi connectivity index (χ4n) is 1.88. The van der Waals surface area contributed by atoms with Gasteiger partial charge in [0.05, 0.1) is 5.92 Å². The van der Waals surface area contributed by atoms with E-state index in [1.807, 2.05) is 0 Å². The van der Waals surface area contributed by atoms with Gasteiger partial charge in [-0.2, -0.15) is 0 Å². The highest BCUT2D eigenvalue weighted by Crippen LogP contribution is 2.24. The van der Waals surface area contributed by atoms with Crippen LogP contribution < -0.4 is 0 Å². The Morgan fingerprint density at radius 3 is 2.81 bits per heavy atom. The molecule has 86 valence electrons. The van der Waals surface area contributed by atoms with E-state index in [-0.39, 0.29) is 5.92 Å². The molecule has 1 aromatic carbocycles. The van der Waals surface area contributed by atoms with Crippen LogP contribution in [0.25, 0.3) is 0 Å². The van der Waals surface area contributed by atoms with Crippen molar-refractivity contribution in [3.8, 4) is 0 Å². The number of carboxylic acid groups (broad SMARTS) is 1. The molecular formula is C12H14BrNO2. The number of nitrogens with zero attached hydrogens (tertiary/aromatic N) is 1. The second-order valence-corrected chi connectivity index (χ2v) is 5.18. The molecule has 0 saturated carbocycles. The maximum Gasteiger partial charge on any atom is 0.309 e. The Bertz CT molecular complexity index is 413. The summed E-state index contributed by atoms with van der Waals surface area (Å²) < 4.78 is 1.10. The highest BCUT2D eigenvalue weighted by atomic mass is 79.9. The largest absolute Gasteiger partial charge is 0.481 e. The summed E-state index contributed by atoms with van der Waals surface area (Å²) in [5.74, 6) is -0.858. The zero-order valence-corrected chi connectivity index (χ0v) is 10.7. The van der Waals surface area contributed by atoms with Crippen LogP contribution in [0.1, 0.15) is 11.1 Å². The summed E-state index contributed by atoms with van der Waals surface area (Å²) in [6.45, 7) is 4.20. The van der Waals surface area contributed by atoms with E-state index in [0.29, 0.717) is 13.1 Å². The lowest BCUT2D eigenvalue weighted by atomic mass is 9.99. The van der Waals surface area contributed by atoms with Gasteiger partial charge in [0.2, 0.25) is 0 Å². The first-order chi connectivity index (χ1) is 7.56. The van der Waals surface area contributed by atoms with E-state index in [0.717, 1.165) is 11.0 Å². The Labute approximate surface area is 103 Å². The summed E-state index contributed by atoms with van der Waals surface area (Å²) in [4.78, 5) is 12.8. The summed E-state index contributed by atoms with van der Waals surface area (Å²) in [5, 5.41) is 8.77. The molecule has 0 aliphatic carbocycles. The molecule has 1 saturated heterocycles. The summed E-state index contributed by atoms with van der Waals surface area (Å²) in [5.41, 5.74) is 2.44. The minimum atomic E-state index is -0.681. The number of rotatable bonds is 3. The van der Waals surface area contributed by atoms with Gasteiger partial charge in [0, 0.05) is 24.1 Å². The summed E-state index contributed by atoms with van der Waals surface area (Å²) in [7, 11) is 0. The van der Waals surface area contributed by atoms with Crippen LogP contribution in [0.5, 0.6) is 0 Å². The fourth-order valence-corrected chi connectivity index (χ4v) is 2.50. The predicted molar refractivity (Wildman–Crippen MR) is 65.3 cm³/mol. The Hall–Kier alpha value is -0.870. The molecule has 0 bridgehead atoms. The lowest BCUT2D eigenvalue weighted by molar-refractivity contribution is -0.147. The van der Waals surface area contributed by atoms with Crippen molar-refractivity contribution in [2.24, 2.45) is 5.92 Å². The molecule has 0 atom stereocenters. The van der Waals surface area contributed by atoms with E-state index >= 15 is 0 Å². The molecular weight excluding hydrogens is 270 g/mol. The van der Waals surface area contributed by atoms with Crippen LogP contribution in [-0.2, 0) is 11.3 Å². The van der Waals surface area contributed by atoms with Crippen molar-refractivity contribution in [2.75, 3.05) is 13.1 Å². The first kappa shape index (κ1) is 11.6. The van der Waals surface area contributed by atoms with Crippen LogP contribution >= 0.6 is 15.9 Å². The number of hydrogen-bond donors (Lipinski definition) is 1. The third kappa shape index (κ3) is 2.44. The molecule has 1 N–H and O–H groups in total. The number of carbonyl (C=O) groups is 1. The SMILES string of the molecule is Cc1ccc(CN2CC(C(=O)O)C2)c(Br)c1. The zero-order chi connectivity index (χ0) is 11.7. The lowest BCUT2D eigenvalue weighted by Crippen LogP contribution is -2.49. The Morgan fingerprint density at radius 2 is 2.25 bits per heavy atom. The smallest absolute Gasteiger partial charge is 0.309 e. The predicted octanol–water partition coefficient (Wildman–Crippen LogP) is 2.27. The molecule has 1 aromatic rings. The second-order valence-electron chi connectivity index (χ2n) is 4.32. The quantitative estimate of drug-likeness (QED) is 0.925. The van der Waals surface area contributed by atoms with E-state index in [9.17, 15) is 4.79 Å². The average molecular weight is 284 g/mol. The van der Waals surface area contributed by atoms with E-state index in [2.05, 4.69) is 46.0 Å². The van der Waals surface area contributed by atoms with Gasteiger partial charge in [-0.05, 0) is 24.1 Å². The van der Waals surface area contributed by atoms with Gasteiger partial charge in [-0.3, -0.25) is 9.69 Å². The van der Waals surface area contributed by atoms with Crippen molar-refractivity contribution in [2.45, 2.75) is 13.5 Å². The first-order valence-electron chi connectivity index (χ1n) is 5.26. The van der Waals surface area contributed by atoms with Gasteiger partial charge in [0.15, 0.2) is 0 Å². The fraction of sp³-hybridized carbons (Fsp3) is 0.417. The Kier molecular flexibility index (Phi) is 3.30. The zero-order valence-electron chi connectivity index (χ0n) is 9.11. The van der Waals surface area contributed by atoms with Gasteiger partial charge in [0.25, 0.3) is 0 Å². The number of aliphatic carboxylic acids is 1. The van der Waals surface area contributed by atoms with Crippen molar-refractivity contribution < 1.29 is 9.90 Å².